The molecule has 0 aliphatic rings. The zero-order valence-electron chi connectivity index (χ0n) is 11.7. The highest BCUT2D eigenvalue weighted by Gasteiger charge is 2.16. The fraction of sp³-hybridized carbons (Fsp3) is 0.667. The molecule has 2 N–H and O–H groups in total. The lowest BCUT2D eigenvalue weighted by Gasteiger charge is -2.21. The van der Waals surface area contributed by atoms with Crippen molar-refractivity contribution in [2.24, 2.45) is 7.05 Å². The summed E-state index contributed by atoms with van der Waals surface area (Å²) in [6.07, 6.45) is 3.22. The molecule has 0 aliphatic carbocycles. The molecule has 1 aromatic rings. The first kappa shape index (κ1) is 14.3. The Kier molecular flexibility index (Phi) is 4.58. The van der Waals surface area contributed by atoms with Gasteiger partial charge >= 0.3 is 6.09 Å². The number of nitrogens with zero attached hydrogens (tertiary/aromatic N) is 2. The van der Waals surface area contributed by atoms with Crippen LogP contribution in [0.4, 0.5) is 10.5 Å². The number of rotatable bonds is 4. The molecule has 0 aromatic carbocycles. The number of hydrogen-bond donors (Lipinski definition) is 2. The summed E-state index contributed by atoms with van der Waals surface area (Å²) >= 11 is 0. The van der Waals surface area contributed by atoms with Crippen molar-refractivity contribution in [3.63, 3.8) is 0 Å². The van der Waals surface area contributed by atoms with E-state index in [4.69, 9.17) is 4.74 Å². The number of amides is 1. The summed E-state index contributed by atoms with van der Waals surface area (Å²) in [5.41, 5.74) is 0.459. The van der Waals surface area contributed by atoms with Crippen molar-refractivity contribution >= 4 is 11.8 Å². The van der Waals surface area contributed by atoms with E-state index in [1.165, 1.54) is 0 Å². The second-order valence-electron chi connectivity index (χ2n) is 5.33. The van der Waals surface area contributed by atoms with Crippen molar-refractivity contribution in [3.05, 3.63) is 12.4 Å². The summed E-state index contributed by atoms with van der Waals surface area (Å²) in [7, 11) is 1.86. The van der Waals surface area contributed by atoms with Gasteiger partial charge in [-0.1, -0.05) is 0 Å². The largest absolute Gasteiger partial charge is 0.444 e. The fourth-order valence-corrected chi connectivity index (χ4v) is 1.38. The lowest BCUT2D eigenvalue weighted by atomic mass is 10.2. The molecule has 18 heavy (non-hydrogen) atoms. The van der Waals surface area contributed by atoms with Gasteiger partial charge in [0, 0.05) is 25.8 Å². The lowest BCUT2D eigenvalue weighted by Crippen LogP contribution is -2.38. The lowest BCUT2D eigenvalue weighted by molar-refractivity contribution is 0.0526. The molecule has 102 valence electrons. The number of nitrogens with one attached hydrogen (secondary N) is 2. The van der Waals surface area contributed by atoms with Gasteiger partial charge in [-0.15, -0.1) is 0 Å². The Bertz CT molecular complexity index is 395. The Morgan fingerprint density at radius 1 is 1.56 bits per heavy atom. The Hall–Kier alpha value is -1.72. The molecule has 0 radical (unpaired) electrons. The summed E-state index contributed by atoms with van der Waals surface area (Å²) in [5.74, 6) is 0. The molecule has 0 spiro atoms. The summed E-state index contributed by atoms with van der Waals surface area (Å²) in [5, 5.41) is 10.00. The second-order valence-corrected chi connectivity index (χ2v) is 5.33. The van der Waals surface area contributed by atoms with Crippen LogP contribution in [0.25, 0.3) is 0 Å². The third kappa shape index (κ3) is 5.56. The van der Waals surface area contributed by atoms with Crippen LogP contribution in [0.15, 0.2) is 12.4 Å². The van der Waals surface area contributed by atoms with E-state index in [0.717, 1.165) is 5.69 Å². The molecule has 1 unspecified atom stereocenters. The van der Waals surface area contributed by atoms with Crippen molar-refractivity contribution in [1.29, 1.82) is 0 Å². The third-order valence-electron chi connectivity index (χ3n) is 2.07. The van der Waals surface area contributed by atoms with Crippen LogP contribution in [0.5, 0.6) is 0 Å². The van der Waals surface area contributed by atoms with Crippen molar-refractivity contribution < 1.29 is 9.53 Å². The molecule has 0 saturated heterocycles. The summed E-state index contributed by atoms with van der Waals surface area (Å²) < 4.78 is 6.87. The SMILES string of the molecule is CC(CNC(=O)OC(C)(C)C)Nc1cnn(C)c1. The average Bonchev–Trinajstić information content (AvgIpc) is 2.58. The Labute approximate surface area is 108 Å². The van der Waals surface area contributed by atoms with Gasteiger partial charge in [-0.25, -0.2) is 4.79 Å². The van der Waals surface area contributed by atoms with Crippen molar-refractivity contribution in [2.45, 2.75) is 39.3 Å². The quantitative estimate of drug-likeness (QED) is 0.859. The predicted molar refractivity (Wildman–Crippen MR) is 70.5 cm³/mol. The molecule has 0 aliphatic heterocycles. The molecule has 0 fully saturated rings. The van der Waals surface area contributed by atoms with E-state index in [1.807, 2.05) is 40.9 Å². The standard InChI is InChI=1S/C12H22N4O2/c1-9(15-10-7-14-16(5)8-10)6-13-11(17)18-12(2,3)4/h7-9,15H,6H2,1-5H3,(H,13,17). The van der Waals surface area contributed by atoms with Gasteiger partial charge in [-0.05, 0) is 27.7 Å². The van der Waals surface area contributed by atoms with Crippen LogP contribution in [-0.2, 0) is 11.8 Å². The van der Waals surface area contributed by atoms with Gasteiger partial charge < -0.3 is 15.4 Å². The number of ether oxygens (including phenoxy) is 1. The smallest absolute Gasteiger partial charge is 0.407 e. The van der Waals surface area contributed by atoms with E-state index >= 15 is 0 Å². The van der Waals surface area contributed by atoms with E-state index in [9.17, 15) is 4.79 Å². The van der Waals surface area contributed by atoms with Gasteiger partial charge in [0.15, 0.2) is 0 Å². The number of anilines is 1. The molecular formula is C12H22N4O2. The van der Waals surface area contributed by atoms with E-state index < -0.39 is 11.7 Å². The van der Waals surface area contributed by atoms with Crippen molar-refractivity contribution in [2.75, 3.05) is 11.9 Å². The van der Waals surface area contributed by atoms with E-state index in [-0.39, 0.29) is 6.04 Å². The maximum atomic E-state index is 11.4. The van der Waals surface area contributed by atoms with Gasteiger partial charge in [0.2, 0.25) is 0 Å². The minimum Gasteiger partial charge on any atom is -0.444 e. The fourth-order valence-electron chi connectivity index (χ4n) is 1.38. The molecule has 0 bridgehead atoms. The number of aromatic nitrogens is 2. The zero-order chi connectivity index (χ0) is 13.8. The Morgan fingerprint density at radius 2 is 2.22 bits per heavy atom. The molecule has 1 aromatic heterocycles. The maximum absolute atomic E-state index is 11.4. The summed E-state index contributed by atoms with van der Waals surface area (Å²) in [6.45, 7) is 7.98. The van der Waals surface area contributed by atoms with Crippen LogP contribution in [-0.4, -0.2) is 34.1 Å². The van der Waals surface area contributed by atoms with Crippen LogP contribution in [0.1, 0.15) is 27.7 Å². The highest BCUT2D eigenvalue weighted by Crippen LogP contribution is 2.07. The minimum atomic E-state index is -0.468. The molecule has 1 amide bonds. The number of carbonyl (C=O) groups excluding carboxylic acids is 1. The monoisotopic (exact) mass is 254 g/mol. The molecule has 1 atom stereocenters. The van der Waals surface area contributed by atoms with E-state index in [1.54, 1.807) is 10.9 Å². The average molecular weight is 254 g/mol. The van der Waals surface area contributed by atoms with Gasteiger partial charge in [-0.2, -0.15) is 5.10 Å². The van der Waals surface area contributed by atoms with Crippen molar-refractivity contribution in [3.8, 4) is 0 Å². The predicted octanol–water partition coefficient (Wildman–Crippen LogP) is 1.75. The number of aryl methyl sites for hydroxylation is 1. The normalized spacial score (nSPS) is 12.9. The summed E-state index contributed by atoms with van der Waals surface area (Å²) in [6, 6.07) is 0.0988. The number of hydrogen-bond acceptors (Lipinski definition) is 4. The number of carbonyl (C=O) groups is 1. The Balaban J connectivity index is 2.29. The first-order chi connectivity index (χ1) is 8.26. The zero-order valence-corrected chi connectivity index (χ0v) is 11.7. The molecular weight excluding hydrogens is 232 g/mol. The third-order valence-corrected chi connectivity index (χ3v) is 2.07. The molecule has 0 saturated carbocycles. The Morgan fingerprint density at radius 3 is 2.72 bits per heavy atom. The number of alkyl carbamates (subject to hydrolysis) is 1. The first-order valence-electron chi connectivity index (χ1n) is 5.98. The minimum absolute atomic E-state index is 0.0988. The molecule has 1 rings (SSSR count). The highest BCUT2D eigenvalue weighted by molar-refractivity contribution is 5.67. The van der Waals surface area contributed by atoms with Crippen LogP contribution in [0.3, 0.4) is 0 Å². The van der Waals surface area contributed by atoms with Crippen LogP contribution in [0, 0.1) is 0 Å². The topological polar surface area (TPSA) is 68.2 Å². The van der Waals surface area contributed by atoms with E-state index in [2.05, 4.69) is 15.7 Å². The molecule has 6 heteroatoms. The van der Waals surface area contributed by atoms with Crippen molar-refractivity contribution in [1.82, 2.24) is 15.1 Å². The van der Waals surface area contributed by atoms with Gasteiger partial charge in [-0.3, -0.25) is 4.68 Å². The van der Waals surface area contributed by atoms with Gasteiger partial charge in [0.25, 0.3) is 0 Å². The highest BCUT2D eigenvalue weighted by atomic mass is 16.6. The summed E-state index contributed by atoms with van der Waals surface area (Å²) in [4.78, 5) is 11.4. The van der Waals surface area contributed by atoms with Gasteiger partial charge in [0.05, 0.1) is 11.9 Å². The first-order valence-corrected chi connectivity index (χ1v) is 5.98. The van der Waals surface area contributed by atoms with E-state index in [0.29, 0.717) is 6.54 Å². The van der Waals surface area contributed by atoms with Crippen LogP contribution >= 0.6 is 0 Å². The maximum Gasteiger partial charge on any atom is 0.407 e. The van der Waals surface area contributed by atoms with Crippen LogP contribution in [0.2, 0.25) is 0 Å². The molecule has 1 heterocycles. The second kappa shape index (κ2) is 5.75. The van der Waals surface area contributed by atoms with Gasteiger partial charge in [0.1, 0.15) is 5.60 Å². The van der Waals surface area contributed by atoms with Crippen LogP contribution < -0.4 is 10.6 Å². The molecule has 6 nitrogen and oxygen atoms in total.